The Hall–Kier alpha value is -2.98. The fraction of sp³-hybridized carbons (Fsp3) is 0. The molecule has 0 amide bonds. The van der Waals surface area contributed by atoms with Crippen LogP contribution in [-0.2, 0) is 10.0 Å². The second kappa shape index (κ2) is 6.87. The van der Waals surface area contributed by atoms with Crippen LogP contribution in [0.5, 0.6) is 11.6 Å². The number of anilines is 1. The zero-order valence-electron chi connectivity index (χ0n) is 12.5. The van der Waals surface area contributed by atoms with E-state index in [9.17, 15) is 13.2 Å². The summed E-state index contributed by atoms with van der Waals surface area (Å²) in [5.41, 5.74) is 0.191. The van der Waals surface area contributed by atoms with Crippen molar-refractivity contribution in [3.05, 3.63) is 59.9 Å². The number of sulfonamides is 1. The molecule has 2 N–H and O–H groups in total. The van der Waals surface area contributed by atoms with Gasteiger partial charge in [-0.3, -0.25) is 9.71 Å². The third-order valence-electron chi connectivity index (χ3n) is 2.94. The second-order valence-corrected chi connectivity index (χ2v) is 7.56. The van der Waals surface area contributed by atoms with Gasteiger partial charge in [0.15, 0.2) is 0 Å². The summed E-state index contributed by atoms with van der Waals surface area (Å²) in [5.74, 6) is -0.540. The lowest BCUT2D eigenvalue weighted by molar-refractivity contribution is 0.0697. The Morgan fingerprint density at radius 2 is 2.08 bits per heavy atom. The molecular weight excluding hydrogens is 366 g/mol. The summed E-state index contributed by atoms with van der Waals surface area (Å²) < 4.78 is 32.5. The number of carboxylic acids is 1. The number of aromatic carboxylic acids is 1. The maximum absolute atomic E-state index is 12.4. The predicted octanol–water partition coefficient (Wildman–Crippen LogP) is 2.83. The highest BCUT2D eigenvalue weighted by molar-refractivity contribution is 7.94. The monoisotopic (exact) mass is 377 g/mol. The average molecular weight is 377 g/mol. The highest BCUT2D eigenvalue weighted by atomic mass is 32.2. The summed E-state index contributed by atoms with van der Waals surface area (Å²) in [4.78, 5) is 18.7. The number of carboxylic acid groups (broad SMARTS) is 1. The molecule has 0 aliphatic heterocycles. The van der Waals surface area contributed by atoms with Gasteiger partial charge in [0, 0.05) is 23.8 Å². The van der Waals surface area contributed by atoms with Crippen LogP contribution in [-0.4, -0.2) is 29.5 Å². The zero-order chi connectivity index (χ0) is 17.9. The molecule has 0 saturated carbocycles. The lowest BCUT2D eigenvalue weighted by Crippen LogP contribution is -2.11. The molecule has 0 radical (unpaired) electrons. The number of thiophene rings is 1. The molecule has 2 heterocycles. The normalized spacial score (nSPS) is 11.0. The Balaban J connectivity index is 1.80. The molecule has 0 bridgehead atoms. The van der Waals surface area contributed by atoms with Gasteiger partial charge in [0.1, 0.15) is 9.96 Å². The van der Waals surface area contributed by atoms with Gasteiger partial charge in [-0.25, -0.2) is 18.2 Å². The van der Waals surface area contributed by atoms with Gasteiger partial charge < -0.3 is 9.84 Å². The number of ether oxygens (including phenoxy) is 1. The summed E-state index contributed by atoms with van der Waals surface area (Å²) >= 11 is 0.830. The molecule has 0 unspecified atom stereocenters. The van der Waals surface area contributed by atoms with E-state index in [1.54, 1.807) is 18.2 Å². The molecule has 10 heteroatoms. The van der Waals surface area contributed by atoms with E-state index >= 15 is 0 Å². The molecule has 0 fully saturated rings. The first-order valence-electron chi connectivity index (χ1n) is 6.82. The van der Waals surface area contributed by atoms with Crippen molar-refractivity contribution in [2.75, 3.05) is 4.72 Å². The van der Waals surface area contributed by atoms with Crippen molar-refractivity contribution >= 4 is 33.0 Å². The second-order valence-electron chi connectivity index (χ2n) is 4.74. The molecule has 128 valence electrons. The Labute approximate surface area is 146 Å². The minimum absolute atomic E-state index is 0.0786. The van der Waals surface area contributed by atoms with Crippen molar-refractivity contribution in [2.45, 2.75) is 4.21 Å². The number of hydrogen-bond acceptors (Lipinski definition) is 7. The Bertz CT molecular complexity index is 1000. The molecule has 25 heavy (non-hydrogen) atoms. The van der Waals surface area contributed by atoms with Gasteiger partial charge in [-0.15, -0.1) is 11.3 Å². The molecule has 2 aromatic heterocycles. The minimum atomic E-state index is -3.89. The molecule has 3 aromatic rings. The van der Waals surface area contributed by atoms with Crippen molar-refractivity contribution in [1.29, 1.82) is 0 Å². The molecule has 0 aliphatic carbocycles. The Morgan fingerprint density at radius 1 is 1.24 bits per heavy atom. The van der Waals surface area contributed by atoms with E-state index in [4.69, 9.17) is 9.84 Å². The quantitative estimate of drug-likeness (QED) is 0.678. The number of carbonyl (C=O) groups is 1. The Morgan fingerprint density at radius 3 is 2.76 bits per heavy atom. The first-order valence-corrected chi connectivity index (χ1v) is 9.19. The van der Waals surface area contributed by atoms with Gasteiger partial charge in [-0.1, -0.05) is 6.07 Å². The van der Waals surface area contributed by atoms with E-state index in [0.717, 1.165) is 17.4 Å². The Kier molecular flexibility index (Phi) is 4.63. The van der Waals surface area contributed by atoms with Crippen LogP contribution >= 0.6 is 11.3 Å². The first kappa shape index (κ1) is 16.9. The molecule has 0 atom stereocenters. The molecule has 3 rings (SSSR count). The van der Waals surface area contributed by atoms with Crippen molar-refractivity contribution in [3.8, 4) is 11.6 Å². The van der Waals surface area contributed by atoms with Crippen LogP contribution in [0.25, 0.3) is 0 Å². The summed E-state index contributed by atoms with van der Waals surface area (Å²) in [7, 11) is -3.89. The number of benzene rings is 1. The topological polar surface area (TPSA) is 118 Å². The van der Waals surface area contributed by atoms with Crippen molar-refractivity contribution < 1.29 is 23.1 Å². The molecule has 0 saturated heterocycles. The molecule has 0 aliphatic rings. The van der Waals surface area contributed by atoms with Crippen molar-refractivity contribution in [1.82, 2.24) is 9.97 Å². The third kappa shape index (κ3) is 4.11. The van der Waals surface area contributed by atoms with Crippen LogP contribution < -0.4 is 9.46 Å². The SMILES string of the molecule is O=C(O)c1csc(S(=O)(=O)Nc2cccc(Oc3cnccn3)c2)c1. The highest BCUT2D eigenvalue weighted by Crippen LogP contribution is 2.26. The largest absolute Gasteiger partial charge is 0.478 e. The lowest BCUT2D eigenvalue weighted by Gasteiger charge is -2.08. The van der Waals surface area contributed by atoms with Crippen LogP contribution in [0.3, 0.4) is 0 Å². The van der Waals surface area contributed by atoms with E-state index in [-0.39, 0.29) is 21.3 Å². The van der Waals surface area contributed by atoms with Crippen molar-refractivity contribution in [3.63, 3.8) is 0 Å². The fourth-order valence-electron chi connectivity index (χ4n) is 1.86. The fourth-order valence-corrected chi connectivity index (χ4v) is 4.06. The minimum Gasteiger partial charge on any atom is -0.478 e. The predicted molar refractivity (Wildman–Crippen MR) is 90.6 cm³/mol. The maximum Gasteiger partial charge on any atom is 0.336 e. The van der Waals surface area contributed by atoms with Crippen LogP contribution in [0, 0.1) is 0 Å². The summed E-state index contributed by atoms with van der Waals surface area (Å²) in [5, 5.41) is 10.2. The van der Waals surface area contributed by atoms with E-state index in [0.29, 0.717) is 5.75 Å². The van der Waals surface area contributed by atoms with Gasteiger partial charge in [0.25, 0.3) is 10.0 Å². The number of rotatable bonds is 6. The summed E-state index contributed by atoms with van der Waals surface area (Å²) in [6.07, 6.45) is 4.40. The standard InChI is InChI=1S/C15H11N3O5S2/c19-15(20)10-6-14(24-9-10)25(21,22)18-11-2-1-3-12(7-11)23-13-8-16-4-5-17-13/h1-9,18H,(H,19,20). The number of hydrogen-bond donors (Lipinski definition) is 2. The zero-order valence-corrected chi connectivity index (χ0v) is 14.1. The van der Waals surface area contributed by atoms with E-state index < -0.39 is 16.0 Å². The number of nitrogens with zero attached hydrogens (tertiary/aromatic N) is 2. The summed E-state index contributed by atoms with van der Waals surface area (Å²) in [6, 6.07) is 7.39. The van der Waals surface area contributed by atoms with Gasteiger partial charge in [-0.2, -0.15) is 0 Å². The molecule has 1 aromatic carbocycles. The maximum atomic E-state index is 12.4. The first-order chi connectivity index (χ1) is 11.9. The number of aromatic nitrogens is 2. The molecule has 8 nitrogen and oxygen atoms in total. The highest BCUT2D eigenvalue weighted by Gasteiger charge is 2.19. The van der Waals surface area contributed by atoms with Crippen LogP contribution in [0.2, 0.25) is 0 Å². The van der Waals surface area contributed by atoms with Crippen LogP contribution in [0.1, 0.15) is 10.4 Å². The number of nitrogens with one attached hydrogen (secondary N) is 1. The molecular formula is C15H11N3O5S2. The van der Waals surface area contributed by atoms with E-state index in [1.807, 2.05) is 0 Å². The van der Waals surface area contributed by atoms with Crippen molar-refractivity contribution in [2.24, 2.45) is 0 Å². The third-order valence-corrected chi connectivity index (χ3v) is 5.76. The van der Waals surface area contributed by atoms with Gasteiger partial charge in [0.05, 0.1) is 17.4 Å². The van der Waals surface area contributed by atoms with Crippen LogP contribution in [0.4, 0.5) is 5.69 Å². The average Bonchev–Trinajstić information content (AvgIpc) is 3.07. The smallest absolute Gasteiger partial charge is 0.336 e. The van der Waals surface area contributed by atoms with Crippen LogP contribution in [0.15, 0.2) is 58.5 Å². The van der Waals surface area contributed by atoms with Gasteiger partial charge >= 0.3 is 5.97 Å². The van der Waals surface area contributed by atoms with Gasteiger partial charge in [-0.05, 0) is 18.2 Å². The van der Waals surface area contributed by atoms with Gasteiger partial charge in [0.2, 0.25) is 5.88 Å². The summed E-state index contributed by atoms with van der Waals surface area (Å²) in [6.45, 7) is 0. The van der Waals surface area contributed by atoms with E-state index in [2.05, 4.69) is 14.7 Å². The lowest BCUT2D eigenvalue weighted by atomic mass is 10.3. The van der Waals surface area contributed by atoms with E-state index in [1.165, 1.54) is 30.0 Å². The molecule has 0 spiro atoms.